The van der Waals surface area contributed by atoms with E-state index in [4.69, 9.17) is 4.74 Å². The smallest absolute Gasteiger partial charge is 0.172 e. The van der Waals surface area contributed by atoms with E-state index in [0.29, 0.717) is 22.3 Å². The number of halogens is 1. The lowest BCUT2D eigenvalue weighted by molar-refractivity contribution is 0.111. The molecule has 0 aliphatic carbocycles. The summed E-state index contributed by atoms with van der Waals surface area (Å²) in [6, 6.07) is 3.40. The summed E-state index contributed by atoms with van der Waals surface area (Å²) in [5.74, 6) is 0.489. The van der Waals surface area contributed by atoms with Crippen molar-refractivity contribution in [3.05, 3.63) is 22.4 Å². The Balaban J connectivity index is 3.16. The van der Waals surface area contributed by atoms with Crippen molar-refractivity contribution >= 4 is 22.2 Å². The van der Waals surface area contributed by atoms with Gasteiger partial charge in [0.05, 0.1) is 7.11 Å². The number of aldehydes is 1. The van der Waals surface area contributed by atoms with Gasteiger partial charge < -0.3 is 4.74 Å². The molecule has 0 saturated carbocycles. The standard InChI is InChI=1S/C7H6BrNO2/c1-11-6-2-3-7(8)9-5(6)4-10/h2-4H,1H3. The predicted molar refractivity (Wildman–Crippen MR) is 43.9 cm³/mol. The highest BCUT2D eigenvalue weighted by Crippen LogP contribution is 2.16. The number of pyridine rings is 1. The number of ether oxygens (including phenoxy) is 1. The highest BCUT2D eigenvalue weighted by molar-refractivity contribution is 9.10. The number of hydrogen-bond acceptors (Lipinski definition) is 3. The highest BCUT2D eigenvalue weighted by atomic mass is 79.9. The summed E-state index contributed by atoms with van der Waals surface area (Å²) >= 11 is 3.14. The molecule has 0 radical (unpaired) electrons. The maximum atomic E-state index is 10.4. The summed E-state index contributed by atoms with van der Waals surface area (Å²) in [7, 11) is 1.50. The molecule has 1 rings (SSSR count). The first kappa shape index (κ1) is 8.20. The Kier molecular flexibility index (Phi) is 2.59. The molecule has 58 valence electrons. The zero-order chi connectivity index (χ0) is 8.27. The summed E-state index contributed by atoms with van der Waals surface area (Å²) in [6.07, 6.45) is 0.656. The van der Waals surface area contributed by atoms with Crippen LogP contribution in [0.4, 0.5) is 0 Å². The first-order valence-corrected chi connectivity index (χ1v) is 3.73. The van der Waals surface area contributed by atoms with Crippen LogP contribution in [-0.4, -0.2) is 18.4 Å². The molecule has 0 aliphatic rings. The SMILES string of the molecule is COc1ccc(Br)nc1C=O. The van der Waals surface area contributed by atoms with Crippen molar-refractivity contribution in [3.8, 4) is 5.75 Å². The summed E-state index contributed by atoms with van der Waals surface area (Å²) < 4.78 is 5.50. The topological polar surface area (TPSA) is 39.2 Å². The minimum atomic E-state index is 0.307. The Morgan fingerprint density at radius 3 is 2.91 bits per heavy atom. The maximum absolute atomic E-state index is 10.4. The molecule has 1 aromatic heterocycles. The summed E-state index contributed by atoms with van der Waals surface area (Å²) in [4.78, 5) is 14.3. The van der Waals surface area contributed by atoms with E-state index in [-0.39, 0.29) is 0 Å². The van der Waals surface area contributed by atoms with Gasteiger partial charge in [0.1, 0.15) is 16.0 Å². The lowest BCUT2D eigenvalue weighted by Crippen LogP contribution is -1.93. The zero-order valence-corrected chi connectivity index (χ0v) is 7.46. The normalized spacial score (nSPS) is 9.27. The summed E-state index contributed by atoms with van der Waals surface area (Å²) in [5.41, 5.74) is 0.307. The molecule has 11 heavy (non-hydrogen) atoms. The molecule has 0 aliphatic heterocycles. The fraction of sp³-hybridized carbons (Fsp3) is 0.143. The largest absolute Gasteiger partial charge is 0.494 e. The molecular formula is C7H6BrNO2. The fourth-order valence-corrected chi connectivity index (χ4v) is 1.02. The molecule has 0 atom stereocenters. The van der Waals surface area contributed by atoms with Gasteiger partial charge in [0, 0.05) is 0 Å². The highest BCUT2D eigenvalue weighted by Gasteiger charge is 2.02. The van der Waals surface area contributed by atoms with Crippen LogP contribution in [0.2, 0.25) is 0 Å². The number of aromatic nitrogens is 1. The summed E-state index contributed by atoms with van der Waals surface area (Å²) in [6.45, 7) is 0. The first-order valence-electron chi connectivity index (χ1n) is 2.93. The number of nitrogens with zero attached hydrogens (tertiary/aromatic N) is 1. The third-order valence-corrected chi connectivity index (χ3v) is 1.63. The average molecular weight is 216 g/mol. The van der Waals surface area contributed by atoms with Gasteiger partial charge in [0.2, 0.25) is 0 Å². The van der Waals surface area contributed by atoms with Gasteiger partial charge >= 0.3 is 0 Å². The van der Waals surface area contributed by atoms with Crippen LogP contribution in [0.1, 0.15) is 10.5 Å². The molecule has 0 aromatic carbocycles. The average Bonchev–Trinajstić information content (AvgIpc) is 2.04. The molecular weight excluding hydrogens is 210 g/mol. The Morgan fingerprint density at radius 1 is 1.64 bits per heavy atom. The zero-order valence-electron chi connectivity index (χ0n) is 5.87. The number of hydrogen-bond donors (Lipinski definition) is 0. The van der Waals surface area contributed by atoms with Crippen molar-refractivity contribution in [2.45, 2.75) is 0 Å². The second-order valence-corrected chi connectivity index (χ2v) is 2.65. The lowest BCUT2D eigenvalue weighted by atomic mass is 10.3. The van der Waals surface area contributed by atoms with E-state index < -0.39 is 0 Å². The molecule has 0 fully saturated rings. The van der Waals surface area contributed by atoms with E-state index in [9.17, 15) is 4.79 Å². The van der Waals surface area contributed by atoms with Gasteiger partial charge in [0.25, 0.3) is 0 Å². The van der Waals surface area contributed by atoms with E-state index in [1.807, 2.05) is 0 Å². The van der Waals surface area contributed by atoms with Crippen LogP contribution in [-0.2, 0) is 0 Å². The third kappa shape index (κ3) is 1.77. The van der Waals surface area contributed by atoms with Gasteiger partial charge in [0.15, 0.2) is 6.29 Å². The Morgan fingerprint density at radius 2 is 2.36 bits per heavy atom. The van der Waals surface area contributed by atoms with E-state index in [1.54, 1.807) is 12.1 Å². The van der Waals surface area contributed by atoms with Gasteiger partial charge in [-0.05, 0) is 28.1 Å². The van der Waals surface area contributed by atoms with Crippen LogP contribution >= 0.6 is 15.9 Å². The third-order valence-electron chi connectivity index (χ3n) is 1.18. The second-order valence-electron chi connectivity index (χ2n) is 1.84. The second kappa shape index (κ2) is 3.48. The predicted octanol–water partition coefficient (Wildman–Crippen LogP) is 1.67. The quantitative estimate of drug-likeness (QED) is 0.557. The summed E-state index contributed by atoms with van der Waals surface area (Å²) in [5, 5.41) is 0. The van der Waals surface area contributed by atoms with Gasteiger partial charge in [-0.15, -0.1) is 0 Å². The van der Waals surface area contributed by atoms with Crippen LogP contribution in [0.15, 0.2) is 16.7 Å². The van der Waals surface area contributed by atoms with Crippen molar-refractivity contribution in [1.82, 2.24) is 4.98 Å². The maximum Gasteiger partial charge on any atom is 0.172 e. The van der Waals surface area contributed by atoms with E-state index in [1.165, 1.54) is 7.11 Å². The van der Waals surface area contributed by atoms with Crippen LogP contribution in [0, 0.1) is 0 Å². The van der Waals surface area contributed by atoms with Crippen LogP contribution in [0.5, 0.6) is 5.75 Å². The Bertz CT molecular complexity index is 275. The van der Waals surface area contributed by atoms with Crippen LogP contribution in [0.3, 0.4) is 0 Å². The van der Waals surface area contributed by atoms with Gasteiger partial charge in [-0.3, -0.25) is 4.79 Å². The monoisotopic (exact) mass is 215 g/mol. The van der Waals surface area contributed by atoms with Crippen LogP contribution < -0.4 is 4.74 Å². The van der Waals surface area contributed by atoms with E-state index in [0.717, 1.165) is 0 Å². The van der Waals surface area contributed by atoms with E-state index in [2.05, 4.69) is 20.9 Å². The van der Waals surface area contributed by atoms with Crippen molar-refractivity contribution in [3.63, 3.8) is 0 Å². The number of methoxy groups -OCH3 is 1. The van der Waals surface area contributed by atoms with Crippen molar-refractivity contribution in [2.24, 2.45) is 0 Å². The molecule has 1 aromatic rings. The van der Waals surface area contributed by atoms with Crippen molar-refractivity contribution in [1.29, 1.82) is 0 Å². The van der Waals surface area contributed by atoms with Crippen LogP contribution in [0.25, 0.3) is 0 Å². The number of carbonyl (C=O) groups excluding carboxylic acids is 1. The fourth-order valence-electron chi connectivity index (χ4n) is 0.694. The molecule has 0 unspecified atom stereocenters. The minimum Gasteiger partial charge on any atom is -0.494 e. The Labute approximate surface area is 72.5 Å². The lowest BCUT2D eigenvalue weighted by Gasteiger charge is -2.00. The molecule has 4 heteroatoms. The number of carbonyl (C=O) groups is 1. The molecule has 0 saturated heterocycles. The van der Waals surface area contributed by atoms with Gasteiger partial charge in [-0.1, -0.05) is 0 Å². The molecule has 3 nitrogen and oxygen atoms in total. The first-order chi connectivity index (χ1) is 5.27. The van der Waals surface area contributed by atoms with E-state index >= 15 is 0 Å². The minimum absolute atomic E-state index is 0.307. The number of rotatable bonds is 2. The molecule has 0 bridgehead atoms. The van der Waals surface area contributed by atoms with Gasteiger partial charge in [-0.25, -0.2) is 4.98 Å². The molecule has 0 N–H and O–H groups in total. The molecule has 1 heterocycles. The van der Waals surface area contributed by atoms with Crippen molar-refractivity contribution in [2.75, 3.05) is 7.11 Å². The Hall–Kier alpha value is -0.900. The molecule has 0 amide bonds. The van der Waals surface area contributed by atoms with Gasteiger partial charge in [-0.2, -0.15) is 0 Å². The molecule has 0 spiro atoms. The van der Waals surface area contributed by atoms with Crippen molar-refractivity contribution < 1.29 is 9.53 Å².